The highest BCUT2D eigenvalue weighted by Crippen LogP contribution is 2.27. The number of nitro benzene ring substituents is 1. The minimum absolute atomic E-state index is 0.112. The average Bonchev–Trinajstić information content (AvgIpc) is 3.03. The number of carbonyl (C=O) groups is 3. The molecule has 3 aromatic carbocycles. The zero-order valence-electron chi connectivity index (χ0n) is 16.2. The molecule has 1 aliphatic heterocycles. The summed E-state index contributed by atoms with van der Waals surface area (Å²) in [6.45, 7) is 0. The van der Waals surface area contributed by atoms with Crippen molar-refractivity contribution in [3.8, 4) is 0 Å². The van der Waals surface area contributed by atoms with E-state index in [1.54, 1.807) is 24.3 Å². The fourth-order valence-corrected chi connectivity index (χ4v) is 3.52. The van der Waals surface area contributed by atoms with Crippen LogP contribution in [0.25, 0.3) is 0 Å². The molecule has 0 unspecified atom stereocenters. The maximum absolute atomic E-state index is 13.2. The van der Waals surface area contributed by atoms with Gasteiger partial charge < -0.3 is 5.32 Å². The molecule has 3 amide bonds. The standard InChI is InChI=1S/C23H17N3O5/c27-21(24-16-10-12-17(13-11-16)26(30)31)20(14-15-6-2-1-3-7-15)25-22(28)18-8-4-5-9-19(18)23(25)29/h1-13,20H,14H2,(H,24,27)/t20-/m1/s1. The molecule has 0 bridgehead atoms. The van der Waals surface area contributed by atoms with Crippen molar-refractivity contribution in [3.63, 3.8) is 0 Å². The molecular formula is C23H17N3O5. The lowest BCUT2D eigenvalue weighted by Gasteiger charge is -2.25. The number of imide groups is 1. The third-order valence-electron chi connectivity index (χ3n) is 5.06. The smallest absolute Gasteiger partial charge is 0.269 e. The van der Waals surface area contributed by atoms with E-state index < -0.39 is 28.7 Å². The Morgan fingerprint density at radius 2 is 1.42 bits per heavy atom. The van der Waals surface area contributed by atoms with E-state index >= 15 is 0 Å². The Morgan fingerprint density at radius 1 is 0.871 bits per heavy atom. The number of anilines is 1. The summed E-state index contributed by atoms with van der Waals surface area (Å²) >= 11 is 0. The van der Waals surface area contributed by atoms with Crippen LogP contribution in [-0.4, -0.2) is 33.6 Å². The van der Waals surface area contributed by atoms with Gasteiger partial charge >= 0.3 is 0 Å². The summed E-state index contributed by atoms with van der Waals surface area (Å²) in [7, 11) is 0. The molecular weight excluding hydrogens is 398 g/mol. The number of carbonyl (C=O) groups excluding carboxylic acids is 3. The zero-order chi connectivity index (χ0) is 22.0. The Kier molecular flexibility index (Phi) is 5.28. The van der Waals surface area contributed by atoms with E-state index in [4.69, 9.17) is 0 Å². The molecule has 4 rings (SSSR count). The van der Waals surface area contributed by atoms with Gasteiger partial charge in [0.1, 0.15) is 6.04 Å². The number of nitro groups is 1. The van der Waals surface area contributed by atoms with Crippen LogP contribution in [0.2, 0.25) is 0 Å². The van der Waals surface area contributed by atoms with E-state index in [1.165, 1.54) is 24.3 Å². The van der Waals surface area contributed by atoms with E-state index in [2.05, 4.69) is 5.32 Å². The predicted octanol–water partition coefficient (Wildman–Crippen LogP) is 3.44. The fraction of sp³-hybridized carbons (Fsp3) is 0.0870. The predicted molar refractivity (Wildman–Crippen MR) is 113 cm³/mol. The molecule has 8 heteroatoms. The third kappa shape index (κ3) is 3.91. The fourth-order valence-electron chi connectivity index (χ4n) is 3.52. The molecule has 0 saturated heterocycles. The van der Waals surface area contributed by atoms with Crippen molar-refractivity contribution in [3.05, 3.63) is 106 Å². The van der Waals surface area contributed by atoms with E-state index in [1.807, 2.05) is 30.3 Å². The van der Waals surface area contributed by atoms with Gasteiger partial charge in [0.25, 0.3) is 17.5 Å². The zero-order valence-corrected chi connectivity index (χ0v) is 16.2. The molecule has 0 aromatic heterocycles. The van der Waals surface area contributed by atoms with Crippen LogP contribution in [0.3, 0.4) is 0 Å². The Bertz CT molecular complexity index is 1140. The number of amides is 3. The third-order valence-corrected chi connectivity index (χ3v) is 5.06. The van der Waals surface area contributed by atoms with Gasteiger partial charge in [-0.05, 0) is 29.8 Å². The van der Waals surface area contributed by atoms with Crippen LogP contribution in [0.4, 0.5) is 11.4 Å². The molecule has 0 saturated carbocycles. The number of hydrogen-bond acceptors (Lipinski definition) is 5. The van der Waals surface area contributed by atoms with E-state index in [9.17, 15) is 24.5 Å². The van der Waals surface area contributed by atoms with Crippen molar-refractivity contribution in [1.82, 2.24) is 4.90 Å². The number of nitrogens with one attached hydrogen (secondary N) is 1. The van der Waals surface area contributed by atoms with Gasteiger partial charge in [0.2, 0.25) is 5.91 Å². The van der Waals surface area contributed by atoms with Gasteiger partial charge in [-0.1, -0.05) is 42.5 Å². The summed E-state index contributed by atoms with van der Waals surface area (Å²) in [6.07, 6.45) is 0.130. The number of rotatable bonds is 6. The van der Waals surface area contributed by atoms with Gasteiger partial charge in [0, 0.05) is 24.2 Å². The number of nitrogens with zero attached hydrogens (tertiary/aromatic N) is 2. The van der Waals surface area contributed by atoms with Crippen molar-refractivity contribution in [2.24, 2.45) is 0 Å². The van der Waals surface area contributed by atoms with Gasteiger partial charge in [-0.25, -0.2) is 0 Å². The second-order valence-corrected chi connectivity index (χ2v) is 7.02. The number of hydrogen-bond donors (Lipinski definition) is 1. The SMILES string of the molecule is O=C(Nc1ccc([N+](=O)[O-])cc1)[C@@H](Cc1ccccc1)N1C(=O)c2ccccc2C1=O. The number of fused-ring (bicyclic) bond motifs is 1. The first-order valence-corrected chi connectivity index (χ1v) is 9.52. The molecule has 154 valence electrons. The van der Waals surface area contributed by atoms with Crippen LogP contribution < -0.4 is 5.32 Å². The van der Waals surface area contributed by atoms with Crippen LogP contribution in [0, 0.1) is 10.1 Å². The first-order chi connectivity index (χ1) is 15.0. The molecule has 0 fully saturated rings. The molecule has 1 heterocycles. The molecule has 3 aromatic rings. The van der Waals surface area contributed by atoms with E-state index in [0.717, 1.165) is 10.5 Å². The Labute approximate surface area is 177 Å². The lowest BCUT2D eigenvalue weighted by molar-refractivity contribution is -0.384. The minimum atomic E-state index is -1.09. The van der Waals surface area contributed by atoms with Gasteiger partial charge in [0.05, 0.1) is 16.1 Å². The Hall–Kier alpha value is -4.33. The average molecular weight is 415 g/mol. The maximum Gasteiger partial charge on any atom is 0.269 e. The van der Waals surface area contributed by atoms with Gasteiger partial charge in [-0.3, -0.25) is 29.4 Å². The second kappa shape index (κ2) is 8.19. The molecule has 0 radical (unpaired) electrons. The minimum Gasteiger partial charge on any atom is -0.324 e. The van der Waals surface area contributed by atoms with Crippen molar-refractivity contribution in [2.75, 3.05) is 5.32 Å². The highest BCUT2D eigenvalue weighted by atomic mass is 16.6. The number of benzene rings is 3. The summed E-state index contributed by atoms with van der Waals surface area (Å²) in [6, 6.07) is 19.8. The van der Waals surface area contributed by atoms with Crippen LogP contribution in [-0.2, 0) is 11.2 Å². The van der Waals surface area contributed by atoms with Crippen LogP contribution in [0.1, 0.15) is 26.3 Å². The number of non-ortho nitro benzene ring substituents is 1. The summed E-state index contributed by atoms with van der Waals surface area (Å²) in [5, 5.41) is 13.5. The van der Waals surface area contributed by atoms with Gasteiger partial charge in [-0.2, -0.15) is 0 Å². The molecule has 1 atom stereocenters. The topological polar surface area (TPSA) is 110 Å². The van der Waals surface area contributed by atoms with Crippen molar-refractivity contribution < 1.29 is 19.3 Å². The second-order valence-electron chi connectivity index (χ2n) is 7.02. The molecule has 1 N–H and O–H groups in total. The summed E-state index contributed by atoms with van der Waals surface area (Å²) < 4.78 is 0. The molecule has 1 aliphatic rings. The summed E-state index contributed by atoms with van der Waals surface area (Å²) in [5.74, 6) is -1.62. The van der Waals surface area contributed by atoms with Crippen molar-refractivity contribution >= 4 is 29.1 Å². The Balaban J connectivity index is 1.65. The van der Waals surface area contributed by atoms with Gasteiger partial charge in [-0.15, -0.1) is 0 Å². The quantitative estimate of drug-likeness (QED) is 0.377. The first kappa shape index (κ1) is 20.0. The van der Waals surface area contributed by atoms with Gasteiger partial charge in [0.15, 0.2) is 0 Å². The largest absolute Gasteiger partial charge is 0.324 e. The maximum atomic E-state index is 13.2. The lowest BCUT2D eigenvalue weighted by Crippen LogP contribution is -2.48. The molecule has 0 aliphatic carbocycles. The highest BCUT2D eigenvalue weighted by Gasteiger charge is 2.42. The Morgan fingerprint density at radius 3 is 1.97 bits per heavy atom. The van der Waals surface area contributed by atoms with Crippen LogP contribution in [0.5, 0.6) is 0 Å². The molecule has 0 spiro atoms. The molecule has 8 nitrogen and oxygen atoms in total. The summed E-state index contributed by atoms with van der Waals surface area (Å²) in [4.78, 5) is 50.4. The summed E-state index contributed by atoms with van der Waals surface area (Å²) in [5.41, 5.74) is 1.51. The van der Waals surface area contributed by atoms with E-state index in [0.29, 0.717) is 5.69 Å². The van der Waals surface area contributed by atoms with Crippen molar-refractivity contribution in [1.29, 1.82) is 0 Å². The highest BCUT2D eigenvalue weighted by molar-refractivity contribution is 6.23. The monoisotopic (exact) mass is 415 g/mol. The first-order valence-electron chi connectivity index (χ1n) is 9.52. The lowest BCUT2D eigenvalue weighted by atomic mass is 10.0. The van der Waals surface area contributed by atoms with E-state index in [-0.39, 0.29) is 23.2 Å². The normalized spacial score (nSPS) is 13.6. The van der Waals surface area contributed by atoms with Crippen molar-refractivity contribution in [2.45, 2.75) is 12.5 Å². The molecule has 31 heavy (non-hydrogen) atoms. The van der Waals surface area contributed by atoms with Crippen LogP contribution in [0.15, 0.2) is 78.9 Å². The van der Waals surface area contributed by atoms with Crippen LogP contribution >= 0.6 is 0 Å².